The first-order valence-corrected chi connectivity index (χ1v) is 3.75. The molecule has 6 N–H and O–H groups in total. The van der Waals surface area contributed by atoms with E-state index in [1.54, 1.807) is 12.4 Å². The molecule has 0 atom stereocenters. The Kier molecular flexibility index (Phi) is 3.53. The molecule has 0 bridgehead atoms. The fraction of sp³-hybridized carbons (Fsp3) is 0. The van der Waals surface area contributed by atoms with Gasteiger partial charge in [-0.15, -0.1) is 0 Å². The van der Waals surface area contributed by atoms with Crippen LogP contribution >= 0.6 is 0 Å². The van der Waals surface area contributed by atoms with Gasteiger partial charge in [0.1, 0.15) is 0 Å². The number of hydrazine groups is 1. The fourth-order valence-corrected chi connectivity index (χ4v) is 0.891. The molecule has 0 radical (unpaired) electrons. The standard InChI is InChI=1S/C7H6N4O.H4N2/c12-5(6-8-1-2-9-6)7-10-3-4-11-7;1-2/h1-4H,(H,8,9)(H,10,11);1-2H2. The predicted molar refractivity (Wildman–Crippen MR) is 49.0 cm³/mol. The maximum atomic E-state index is 11.4. The molecule has 0 fully saturated rings. The number of rotatable bonds is 2. The Bertz CT molecular complexity index is 329. The van der Waals surface area contributed by atoms with Gasteiger partial charge < -0.3 is 9.97 Å². The van der Waals surface area contributed by atoms with Crippen molar-refractivity contribution in [3.8, 4) is 0 Å². The highest BCUT2D eigenvalue weighted by molar-refractivity contribution is 6.03. The lowest BCUT2D eigenvalue weighted by atomic mass is 10.3. The third-order valence-corrected chi connectivity index (χ3v) is 1.43. The normalized spacial score (nSPS) is 9.00. The van der Waals surface area contributed by atoms with Crippen molar-refractivity contribution in [2.45, 2.75) is 0 Å². The molecule has 0 spiro atoms. The zero-order valence-electron chi connectivity index (χ0n) is 7.27. The van der Waals surface area contributed by atoms with Crippen molar-refractivity contribution in [3.63, 3.8) is 0 Å². The maximum Gasteiger partial charge on any atom is 0.263 e. The molecular weight excluding hydrogens is 184 g/mol. The molecule has 0 saturated heterocycles. The second kappa shape index (κ2) is 4.90. The molecule has 0 amide bonds. The molecule has 0 aromatic carbocycles. The minimum atomic E-state index is -0.231. The second-order valence-corrected chi connectivity index (χ2v) is 2.20. The molecule has 0 aliphatic carbocycles. The zero-order chi connectivity index (χ0) is 10.4. The average molecular weight is 194 g/mol. The van der Waals surface area contributed by atoms with Gasteiger partial charge in [0, 0.05) is 24.8 Å². The predicted octanol–water partition coefficient (Wildman–Crippen LogP) is -0.817. The highest BCUT2D eigenvalue weighted by atomic mass is 16.1. The van der Waals surface area contributed by atoms with Gasteiger partial charge in [-0.25, -0.2) is 9.97 Å². The van der Waals surface area contributed by atoms with Gasteiger partial charge >= 0.3 is 0 Å². The minimum Gasteiger partial charge on any atom is -0.342 e. The van der Waals surface area contributed by atoms with Gasteiger partial charge in [0.25, 0.3) is 5.78 Å². The van der Waals surface area contributed by atoms with E-state index in [2.05, 4.69) is 31.6 Å². The molecular formula is C7H10N6O. The lowest BCUT2D eigenvalue weighted by molar-refractivity contribution is 0.102. The third-order valence-electron chi connectivity index (χ3n) is 1.43. The number of hydrogen-bond donors (Lipinski definition) is 4. The molecule has 0 unspecified atom stereocenters. The van der Waals surface area contributed by atoms with Crippen LogP contribution in [0.5, 0.6) is 0 Å². The second-order valence-electron chi connectivity index (χ2n) is 2.20. The van der Waals surface area contributed by atoms with Crippen LogP contribution in [0.15, 0.2) is 24.8 Å². The van der Waals surface area contributed by atoms with E-state index in [9.17, 15) is 4.79 Å². The van der Waals surface area contributed by atoms with Crippen LogP contribution in [-0.4, -0.2) is 25.7 Å². The molecule has 7 nitrogen and oxygen atoms in total. The van der Waals surface area contributed by atoms with Crippen molar-refractivity contribution in [1.82, 2.24) is 19.9 Å². The zero-order valence-corrected chi connectivity index (χ0v) is 7.27. The average Bonchev–Trinajstić information content (AvgIpc) is 2.93. The summed E-state index contributed by atoms with van der Waals surface area (Å²) in [6, 6.07) is 0. The molecule has 7 heteroatoms. The quantitative estimate of drug-likeness (QED) is 0.282. The van der Waals surface area contributed by atoms with Crippen molar-refractivity contribution < 1.29 is 4.79 Å². The largest absolute Gasteiger partial charge is 0.342 e. The Morgan fingerprint density at radius 3 is 1.79 bits per heavy atom. The monoisotopic (exact) mass is 194 g/mol. The number of nitrogens with two attached hydrogens (primary N) is 2. The van der Waals surface area contributed by atoms with Gasteiger partial charge in [0.2, 0.25) is 0 Å². The van der Waals surface area contributed by atoms with Crippen LogP contribution in [0.2, 0.25) is 0 Å². The summed E-state index contributed by atoms with van der Waals surface area (Å²) in [5.74, 6) is 8.36. The van der Waals surface area contributed by atoms with E-state index in [1.165, 1.54) is 12.4 Å². The summed E-state index contributed by atoms with van der Waals surface area (Å²) in [6.45, 7) is 0. The van der Waals surface area contributed by atoms with E-state index in [1.807, 2.05) is 0 Å². The number of hydrogen-bond acceptors (Lipinski definition) is 5. The lowest BCUT2D eigenvalue weighted by Crippen LogP contribution is -2.05. The van der Waals surface area contributed by atoms with Crippen LogP contribution in [0, 0.1) is 0 Å². The van der Waals surface area contributed by atoms with Crippen molar-refractivity contribution in [1.29, 1.82) is 0 Å². The Balaban J connectivity index is 0.000000461. The SMILES string of the molecule is NN.O=C(c1ncc[nH]1)c1ncc[nH]1. The number of aromatic nitrogens is 4. The Hall–Kier alpha value is -1.99. The molecule has 2 aromatic heterocycles. The molecule has 2 heterocycles. The minimum absolute atomic E-state index is 0.231. The van der Waals surface area contributed by atoms with Crippen molar-refractivity contribution >= 4 is 5.78 Å². The molecule has 74 valence electrons. The molecule has 2 rings (SSSR count). The van der Waals surface area contributed by atoms with Crippen LogP contribution < -0.4 is 11.7 Å². The number of nitrogens with one attached hydrogen (secondary N) is 2. The number of H-pyrrole nitrogens is 2. The Morgan fingerprint density at radius 2 is 1.50 bits per heavy atom. The van der Waals surface area contributed by atoms with Gasteiger partial charge in [-0.2, -0.15) is 0 Å². The number of carbonyl (C=O) groups is 1. The van der Waals surface area contributed by atoms with Crippen LogP contribution in [0.25, 0.3) is 0 Å². The summed E-state index contributed by atoms with van der Waals surface area (Å²) in [5.41, 5.74) is 0. The molecule has 2 aromatic rings. The number of nitrogens with zero attached hydrogens (tertiary/aromatic N) is 2. The van der Waals surface area contributed by atoms with E-state index in [4.69, 9.17) is 0 Å². The van der Waals surface area contributed by atoms with E-state index in [-0.39, 0.29) is 5.78 Å². The fourth-order valence-electron chi connectivity index (χ4n) is 0.891. The Labute approximate surface area is 79.5 Å². The Morgan fingerprint density at radius 1 is 1.07 bits per heavy atom. The van der Waals surface area contributed by atoms with Gasteiger partial charge in [0.15, 0.2) is 11.6 Å². The third kappa shape index (κ3) is 2.03. The smallest absolute Gasteiger partial charge is 0.263 e. The molecule has 0 aliphatic rings. The van der Waals surface area contributed by atoms with Crippen LogP contribution in [0.3, 0.4) is 0 Å². The van der Waals surface area contributed by atoms with Gasteiger partial charge in [0.05, 0.1) is 0 Å². The van der Waals surface area contributed by atoms with E-state index < -0.39 is 0 Å². The summed E-state index contributed by atoms with van der Waals surface area (Å²) in [6.07, 6.45) is 6.23. The summed E-state index contributed by atoms with van der Waals surface area (Å²) in [7, 11) is 0. The van der Waals surface area contributed by atoms with E-state index in [0.29, 0.717) is 11.6 Å². The maximum absolute atomic E-state index is 11.4. The summed E-state index contributed by atoms with van der Waals surface area (Å²) < 4.78 is 0. The highest BCUT2D eigenvalue weighted by Crippen LogP contribution is 1.98. The lowest BCUT2D eigenvalue weighted by Gasteiger charge is -1.89. The van der Waals surface area contributed by atoms with Gasteiger partial charge in [-0.05, 0) is 0 Å². The van der Waals surface area contributed by atoms with Gasteiger partial charge in [-0.1, -0.05) is 0 Å². The highest BCUT2D eigenvalue weighted by Gasteiger charge is 2.12. The number of aromatic amines is 2. The number of imidazole rings is 2. The number of carbonyl (C=O) groups excluding carboxylic acids is 1. The summed E-state index contributed by atoms with van der Waals surface area (Å²) in [5, 5.41) is 0. The first-order valence-electron chi connectivity index (χ1n) is 3.75. The van der Waals surface area contributed by atoms with Crippen molar-refractivity contribution in [2.24, 2.45) is 11.7 Å². The molecule has 0 saturated carbocycles. The molecule has 14 heavy (non-hydrogen) atoms. The topological polar surface area (TPSA) is 126 Å². The first-order chi connectivity index (χ1) is 6.88. The summed E-state index contributed by atoms with van der Waals surface area (Å²) >= 11 is 0. The van der Waals surface area contributed by atoms with Crippen molar-refractivity contribution in [3.05, 3.63) is 36.4 Å². The van der Waals surface area contributed by atoms with Gasteiger partial charge in [-0.3, -0.25) is 16.5 Å². The van der Waals surface area contributed by atoms with Crippen LogP contribution in [0.1, 0.15) is 16.4 Å². The van der Waals surface area contributed by atoms with Crippen LogP contribution in [-0.2, 0) is 0 Å². The van der Waals surface area contributed by atoms with E-state index >= 15 is 0 Å². The summed E-state index contributed by atoms with van der Waals surface area (Å²) in [4.78, 5) is 24.4. The van der Waals surface area contributed by atoms with Crippen LogP contribution in [0.4, 0.5) is 0 Å². The first kappa shape index (κ1) is 10.1. The number of ketones is 1. The molecule has 0 aliphatic heterocycles. The van der Waals surface area contributed by atoms with Crippen molar-refractivity contribution in [2.75, 3.05) is 0 Å². The van der Waals surface area contributed by atoms with E-state index in [0.717, 1.165) is 0 Å².